The molecule has 0 spiro atoms. The number of benzene rings is 1. The molecule has 1 aromatic carbocycles. The van der Waals surface area contributed by atoms with E-state index in [4.69, 9.17) is 0 Å². The van der Waals surface area contributed by atoms with Crippen molar-refractivity contribution in [1.29, 1.82) is 0 Å². The summed E-state index contributed by atoms with van der Waals surface area (Å²) in [4.78, 5) is 7.96. The maximum atomic E-state index is 14.8. The number of nitrogens with zero attached hydrogens (tertiary/aromatic N) is 4. The third kappa shape index (κ3) is 2.83. The van der Waals surface area contributed by atoms with E-state index in [1.54, 1.807) is 18.3 Å². The lowest BCUT2D eigenvalue weighted by atomic mass is 10.1. The lowest BCUT2D eigenvalue weighted by Crippen LogP contribution is -2.17. The molecule has 0 saturated carbocycles. The first-order valence-electron chi connectivity index (χ1n) is 8.16. The Morgan fingerprint density at radius 3 is 2.44 bits per heavy atom. The minimum absolute atomic E-state index is 0.0217. The second-order valence-electron chi connectivity index (χ2n) is 6.88. The van der Waals surface area contributed by atoms with Crippen LogP contribution in [0.3, 0.4) is 0 Å². The van der Waals surface area contributed by atoms with Gasteiger partial charge in [0, 0.05) is 5.39 Å². The summed E-state index contributed by atoms with van der Waals surface area (Å²) in [5, 5.41) is 7.59. The second kappa shape index (κ2) is 5.51. The number of nitrogens with one attached hydrogen (secondary N) is 1. The molecule has 0 aliphatic heterocycles. The van der Waals surface area contributed by atoms with Crippen molar-refractivity contribution in [2.24, 2.45) is 0 Å². The Bertz CT molecular complexity index is 1160. The molecule has 3 aromatic heterocycles. The van der Waals surface area contributed by atoms with Crippen molar-refractivity contribution in [3.63, 3.8) is 0 Å². The SMILES string of the molecule is Cc1cc(-n2c(C(C)(C)F)nc3ccc(C(F)(F)F)nc32)cc2cn[nH]c12. The first kappa shape index (κ1) is 17.4. The van der Waals surface area contributed by atoms with Crippen LogP contribution in [-0.4, -0.2) is 24.7 Å². The maximum absolute atomic E-state index is 14.8. The molecule has 140 valence electrons. The van der Waals surface area contributed by atoms with Gasteiger partial charge in [0.25, 0.3) is 0 Å². The normalized spacial score (nSPS) is 13.0. The number of aromatic amines is 1. The molecule has 4 aromatic rings. The van der Waals surface area contributed by atoms with Crippen LogP contribution in [-0.2, 0) is 11.8 Å². The fraction of sp³-hybridized carbons (Fsp3) is 0.278. The lowest BCUT2D eigenvalue weighted by Gasteiger charge is -2.17. The van der Waals surface area contributed by atoms with Gasteiger partial charge < -0.3 is 0 Å². The zero-order valence-corrected chi connectivity index (χ0v) is 14.7. The molecule has 9 heteroatoms. The summed E-state index contributed by atoms with van der Waals surface area (Å²) in [6.45, 7) is 4.44. The van der Waals surface area contributed by atoms with E-state index in [1.165, 1.54) is 24.5 Å². The fourth-order valence-corrected chi connectivity index (χ4v) is 3.10. The van der Waals surface area contributed by atoms with Crippen LogP contribution in [0, 0.1) is 6.92 Å². The Balaban J connectivity index is 2.09. The Morgan fingerprint density at radius 1 is 1.04 bits per heavy atom. The number of H-pyrrole nitrogens is 1. The number of hydrogen-bond acceptors (Lipinski definition) is 3. The molecule has 5 nitrogen and oxygen atoms in total. The number of alkyl halides is 4. The Labute approximate surface area is 151 Å². The summed E-state index contributed by atoms with van der Waals surface area (Å²) in [6, 6.07) is 5.50. The zero-order chi connectivity index (χ0) is 19.6. The van der Waals surface area contributed by atoms with Gasteiger partial charge in [-0.05, 0) is 50.6 Å². The molecular formula is C18H15F4N5. The first-order valence-corrected chi connectivity index (χ1v) is 8.16. The molecule has 0 radical (unpaired) electrons. The van der Waals surface area contributed by atoms with E-state index < -0.39 is 17.5 Å². The molecule has 4 rings (SSSR count). The molecule has 0 aliphatic carbocycles. The predicted octanol–water partition coefficient (Wildman–Crippen LogP) is 4.83. The molecule has 27 heavy (non-hydrogen) atoms. The van der Waals surface area contributed by atoms with E-state index in [0.29, 0.717) is 5.69 Å². The lowest BCUT2D eigenvalue weighted by molar-refractivity contribution is -0.141. The number of aryl methyl sites for hydroxylation is 1. The number of rotatable bonds is 2. The van der Waals surface area contributed by atoms with Crippen molar-refractivity contribution in [2.45, 2.75) is 32.6 Å². The van der Waals surface area contributed by atoms with E-state index in [2.05, 4.69) is 20.2 Å². The summed E-state index contributed by atoms with van der Waals surface area (Å²) in [7, 11) is 0. The third-order valence-corrected chi connectivity index (χ3v) is 4.32. The summed E-state index contributed by atoms with van der Waals surface area (Å²) in [6.07, 6.45) is -3.01. The number of imidazole rings is 1. The van der Waals surface area contributed by atoms with Gasteiger partial charge in [-0.3, -0.25) is 9.67 Å². The summed E-state index contributed by atoms with van der Waals surface area (Å²) < 4.78 is 55.6. The van der Waals surface area contributed by atoms with Crippen molar-refractivity contribution in [1.82, 2.24) is 24.7 Å². The molecule has 0 amide bonds. The molecule has 0 saturated heterocycles. The molecule has 1 N–H and O–H groups in total. The van der Waals surface area contributed by atoms with Gasteiger partial charge in [0.2, 0.25) is 0 Å². The quantitative estimate of drug-likeness (QED) is 0.509. The molecule has 3 heterocycles. The van der Waals surface area contributed by atoms with Gasteiger partial charge in [-0.1, -0.05) is 0 Å². The van der Waals surface area contributed by atoms with E-state index in [1.807, 2.05) is 6.92 Å². The maximum Gasteiger partial charge on any atom is 0.433 e. The predicted molar refractivity (Wildman–Crippen MR) is 92.4 cm³/mol. The number of hydrogen-bond donors (Lipinski definition) is 1. The van der Waals surface area contributed by atoms with Crippen LogP contribution in [0.2, 0.25) is 0 Å². The van der Waals surface area contributed by atoms with E-state index in [9.17, 15) is 17.6 Å². The summed E-state index contributed by atoms with van der Waals surface area (Å²) in [5.74, 6) is -0.0217. The molecule has 0 atom stereocenters. The monoisotopic (exact) mass is 377 g/mol. The van der Waals surface area contributed by atoms with E-state index in [-0.39, 0.29) is 17.0 Å². The van der Waals surface area contributed by atoms with E-state index in [0.717, 1.165) is 22.5 Å². The van der Waals surface area contributed by atoms with Crippen LogP contribution in [0.5, 0.6) is 0 Å². The van der Waals surface area contributed by atoms with Crippen LogP contribution in [0.1, 0.15) is 30.9 Å². The molecular weight excluding hydrogens is 362 g/mol. The summed E-state index contributed by atoms with van der Waals surface area (Å²) >= 11 is 0. The molecule has 0 fully saturated rings. The third-order valence-electron chi connectivity index (χ3n) is 4.32. The highest BCUT2D eigenvalue weighted by Gasteiger charge is 2.34. The van der Waals surface area contributed by atoms with Gasteiger partial charge in [0.05, 0.1) is 17.4 Å². The van der Waals surface area contributed by atoms with E-state index >= 15 is 0 Å². The van der Waals surface area contributed by atoms with Crippen LogP contribution < -0.4 is 0 Å². The highest BCUT2D eigenvalue weighted by atomic mass is 19.4. The molecule has 0 bridgehead atoms. The molecule has 0 aliphatic rings. The van der Waals surface area contributed by atoms with Crippen molar-refractivity contribution in [3.8, 4) is 5.69 Å². The number of halogens is 4. The van der Waals surface area contributed by atoms with Gasteiger partial charge in [-0.15, -0.1) is 0 Å². The van der Waals surface area contributed by atoms with Crippen LogP contribution in [0.15, 0.2) is 30.5 Å². The van der Waals surface area contributed by atoms with Crippen molar-refractivity contribution in [2.75, 3.05) is 0 Å². The topological polar surface area (TPSA) is 59.4 Å². The minimum Gasteiger partial charge on any atom is -0.278 e. The molecule has 0 unspecified atom stereocenters. The average Bonchev–Trinajstić information content (AvgIpc) is 3.17. The smallest absolute Gasteiger partial charge is 0.278 e. The Morgan fingerprint density at radius 2 is 1.78 bits per heavy atom. The Hall–Kier alpha value is -2.97. The summed E-state index contributed by atoms with van der Waals surface area (Å²) in [5.41, 5.74) is -0.721. The van der Waals surface area contributed by atoms with Gasteiger partial charge in [0.15, 0.2) is 17.1 Å². The van der Waals surface area contributed by atoms with Crippen LogP contribution >= 0.6 is 0 Å². The second-order valence-corrected chi connectivity index (χ2v) is 6.88. The van der Waals surface area contributed by atoms with Crippen LogP contribution in [0.4, 0.5) is 17.6 Å². The fourth-order valence-electron chi connectivity index (χ4n) is 3.10. The van der Waals surface area contributed by atoms with Crippen LogP contribution in [0.25, 0.3) is 27.8 Å². The first-order chi connectivity index (χ1) is 12.6. The highest BCUT2D eigenvalue weighted by Crippen LogP contribution is 2.34. The number of aromatic nitrogens is 5. The van der Waals surface area contributed by atoms with Gasteiger partial charge >= 0.3 is 6.18 Å². The van der Waals surface area contributed by atoms with Gasteiger partial charge in [0.1, 0.15) is 11.2 Å². The van der Waals surface area contributed by atoms with Crippen molar-refractivity contribution >= 4 is 22.1 Å². The van der Waals surface area contributed by atoms with Crippen molar-refractivity contribution < 1.29 is 17.6 Å². The number of fused-ring (bicyclic) bond motifs is 2. The van der Waals surface area contributed by atoms with Crippen molar-refractivity contribution in [3.05, 3.63) is 47.5 Å². The van der Waals surface area contributed by atoms with Gasteiger partial charge in [-0.2, -0.15) is 18.3 Å². The number of pyridine rings is 1. The van der Waals surface area contributed by atoms with Gasteiger partial charge in [-0.25, -0.2) is 14.4 Å². The standard InChI is InChI=1S/C18H15F4N5/c1-9-6-11(7-10-8-23-26-14(9)10)27-15-12(24-16(27)17(2,3)19)4-5-13(25-15)18(20,21)22/h4-8H,1-3H3,(H,23,26). The largest absolute Gasteiger partial charge is 0.433 e. The minimum atomic E-state index is -4.61. The zero-order valence-electron chi connectivity index (χ0n) is 14.7. The average molecular weight is 377 g/mol. The Kier molecular flexibility index (Phi) is 3.56. The highest BCUT2D eigenvalue weighted by molar-refractivity contribution is 5.85.